The van der Waals surface area contributed by atoms with E-state index in [0.717, 1.165) is 116 Å². The lowest BCUT2D eigenvalue weighted by molar-refractivity contribution is 0.668. The van der Waals surface area contributed by atoms with Crippen molar-refractivity contribution in [1.29, 1.82) is 0 Å². The molecule has 0 atom stereocenters. The summed E-state index contributed by atoms with van der Waals surface area (Å²) in [5.74, 6) is 0.688. The zero-order valence-corrected chi connectivity index (χ0v) is 43.0. The fraction of sp³-hybridized carbons (Fsp3) is 0. The lowest BCUT2D eigenvalue weighted by Crippen LogP contribution is -1.97. The second-order valence-electron chi connectivity index (χ2n) is 20.9. The van der Waals surface area contributed by atoms with Crippen LogP contribution in [0.5, 0.6) is 0 Å². The van der Waals surface area contributed by atoms with Gasteiger partial charge in [0.1, 0.15) is 22.3 Å². The van der Waals surface area contributed by atoms with Crippen molar-refractivity contribution in [2.24, 2.45) is 0 Å². The van der Waals surface area contributed by atoms with E-state index in [1.807, 2.05) is 30.3 Å². The maximum absolute atomic E-state index is 6.16. The first-order valence-electron chi connectivity index (χ1n) is 27.1. The first kappa shape index (κ1) is 44.3. The van der Waals surface area contributed by atoms with Gasteiger partial charge >= 0.3 is 0 Å². The average Bonchev–Trinajstić information content (AvgIpc) is 4.47. The molecule has 0 radical (unpaired) electrons. The van der Waals surface area contributed by atoms with Gasteiger partial charge in [-0.05, 0) is 137 Å². The van der Waals surface area contributed by atoms with Gasteiger partial charge in [-0.2, -0.15) is 0 Å². The number of rotatable bonds is 7. The largest absolute Gasteiger partial charge is 0.456 e. The summed E-state index contributed by atoms with van der Waals surface area (Å²) in [4.78, 5) is 10.4. The first-order valence-corrected chi connectivity index (χ1v) is 27.1. The number of hydrogen-bond donors (Lipinski definition) is 0. The highest BCUT2D eigenvalue weighted by Gasteiger charge is 2.19. The van der Waals surface area contributed by atoms with Crippen LogP contribution in [0.4, 0.5) is 0 Å². The Hall–Kier alpha value is -10.8. The molecule has 0 spiro atoms. The lowest BCUT2D eigenvalue weighted by Gasteiger charge is -2.12. The van der Waals surface area contributed by atoms with Gasteiger partial charge < -0.3 is 18.0 Å². The fourth-order valence-electron chi connectivity index (χ4n) is 12.5. The van der Waals surface area contributed by atoms with Crippen LogP contribution in [-0.2, 0) is 0 Å². The molecule has 0 aliphatic carbocycles. The highest BCUT2D eigenvalue weighted by atomic mass is 16.3. The minimum atomic E-state index is 0.688. The fourth-order valence-corrected chi connectivity index (χ4v) is 12.5. The maximum Gasteiger partial charge on any atom is 0.160 e. The Labute approximate surface area is 458 Å². The Morgan fingerprint density at radius 3 is 1.12 bits per heavy atom. The van der Waals surface area contributed by atoms with Crippen LogP contribution in [0.1, 0.15) is 0 Å². The van der Waals surface area contributed by atoms with Crippen molar-refractivity contribution in [3.8, 4) is 67.4 Å². The quantitative estimate of drug-likeness (QED) is 0.160. The third kappa shape index (κ3) is 6.92. The van der Waals surface area contributed by atoms with Crippen LogP contribution >= 0.6 is 0 Å². The Bertz CT molecular complexity index is 5350. The van der Waals surface area contributed by atoms with E-state index in [-0.39, 0.29) is 0 Å². The molecule has 12 aromatic carbocycles. The molecule has 0 N–H and O–H groups in total. The van der Waals surface area contributed by atoms with Gasteiger partial charge in [0, 0.05) is 71.0 Å². The predicted octanol–water partition coefficient (Wildman–Crippen LogP) is 20.0. The molecule has 6 heteroatoms. The van der Waals surface area contributed by atoms with Crippen LogP contribution in [0.15, 0.2) is 276 Å². The van der Waals surface area contributed by atoms with Gasteiger partial charge in [0.05, 0.1) is 33.3 Å². The second kappa shape index (κ2) is 17.3. The maximum atomic E-state index is 6.16. The molecule has 5 heterocycles. The molecule has 0 bridgehead atoms. The highest BCUT2D eigenvalue weighted by molar-refractivity contribution is 6.13. The van der Waals surface area contributed by atoms with E-state index in [1.165, 1.54) is 43.7 Å². The summed E-state index contributed by atoms with van der Waals surface area (Å²) in [6, 6.07) is 95.3. The van der Waals surface area contributed by atoms with E-state index in [9.17, 15) is 0 Å². The van der Waals surface area contributed by atoms with Gasteiger partial charge in [-0.15, -0.1) is 0 Å². The molecule has 0 amide bonds. The average molecular weight is 1020 g/mol. The van der Waals surface area contributed by atoms with Crippen molar-refractivity contribution in [3.05, 3.63) is 267 Å². The van der Waals surface area contributed by atoms with E-state index < -0.39 is 0 Å². The van der Waals surface area contributed by atoms with Gasteiger partial charge in [-0.3, -0.25) is 0 Å². The van der Waals surface area contributed by atoms with Crippen molar-refractivity contribution < 1.29 is 8.83 Å². The van der Waals surface area contributed by atoms with E-state index in [0.29, 0.717) is 5.82 Å². The zero-order chi connectivity index (χ0) is 52.4. The summed E-state index contributed by atoms with van der Waals surface area (Å²) in [6.07, 6.45) is 0. The van der Waals surface area contributed by atoms with Crippen molar-refractivity contribution in [2.45, 2.75) is 0 Å². The van der Waals surface area contributed by atoms with Crippen LogP contribution in [0.2, 0.25) is 0 Å². The number of para-hydroxylation sites is 5. The summed E-state index contributed by atoms with van der Waals surface area (Å²) in [7, 11) is 0. The van der Waals surface area contributed by atoms with Crippen LogP contribution in [0.3, 0.4) is 0 Å². The van der Waals surface area contributed by atoms with Crippen molar-refractivity contribution in [2.75, 3.05) is 0 Å². The van der Waals surface area contributed by atoms with Crippen LogP contribution < -0.4 is 0 Å². The second-order valence-corrected chi connectivity index (χ2v) is 20.9. The van der Waals surface area contributed by atoms with Crippen LogP contribution in [0, 0.1) is 0 Å². The lowest BCUT2D eigenvalue weighted by atomic mass is 10.0. The first-order chi connectivity index (χ1) is 39.6. The summed E-state index contributed by atoms with van der Waals surface area (Å²) in [6.45, 7) is 0. The molecular weight excluding hydrogens is 977 g/mol. The number of fused-ring (bicyclic) bond motifs is 13. The minimum Gasteiger partial charge on any atom is -0.456 e. The Morgan fingerprint density at radius 2 is 0.600 bits per heavy atom. The minimum absolute atomic E-state index is 0.688. The Morgan fingerprint density at radius 1 is 0.237 bits per heavy atom. The molecule has 0 aliphatic heterocycles. The van der Waals surface area contributed by atoms with Gasteiger partial charge in [-0.1, -0.05) is 164 Å². The van der Waals surface area contributed by atoms with Crippen LogP contribution in [-0.4, -0.2) is 19.1 Å². The van der Waals surface area contributed by atoms with E-state index in [1.54, 1.807) is 0 Å². The normalized spacial score (nSPS) is 12.0. The number of aromatic nitrogens is 4. The molecule has 0 fully saturated rings. The predicted molar refractivity (Wildman–Crippen MR) is 330 cm³/mol. The molecule has 0 saturated carbocycles. The standard InChI is InChI=1S/C74H44N4O2/c1-6-16-64-59(15-1)73(47-27-35-54(36-28-47)78-66-18-8-3-12-56(66)61-42-50(30-38-68(61)78)52-32-40-72-63(44-52)58-14-5-10-20-70(58)80-72)76-74(75-64)48-23-21-45(22-24-48)46-25-33-53(34-26-46)77-65-17-7-2-11-55(65)60-41-49(29-37-67(60)77)51-31-39-71-62(43-51)57-13-4-9-19-69(57)79-71/h1-44H. The summed E-state index contributed by atoms with van der Waals surface area (Å²) < 4.78 is 17.1. The molecule has 80 heavy (non-hydrogen) atoms. The molecule has 17 rings (SSSR count). The Kier molecular flexibility index (Phi) is 9.61. The van der Waals surface area contributed by atoms with Gasteiger partial charge in [-0.25, -0.2) is 9.97 Å². The SMILES string of the molecule is c1ccc2c(-c3ccc(-n4c5ccccc5c5cc(-c6ccc7oc8ccccc8c7c6)ccc54)cc3)nc(-c3ccc(-c4ccc(-n5c6ccccc6c6cc(-c7ccc8oc9ccccc9c8c7)ccc65)cc4)cc3)nc2c1. The third-order valence-electron chi connectivity index (χ3n) is 16.4. The van der Waals surface area contributed by atoms with E-state index in [4.69, 9.17) is 18.8 Å². The Balaban J connectivity index is 0.671. The summed E-state index contributed by atoms with van der Waals surface area (Å²) in [5.41, 5.74) is 21.2. The number of furan rings is 2. The van der Waals surface area contributed by atoms with Crippen molar-refractivity contribution in [1.82, 2.24) is 19.1 Å². The van der Waals surface area contributed by atoms with E-state index >= 15 is 0 Å². The van der Waals surface area contributed by atoms with Crippen molar-refractivity contribution >= 4 is 98.4 Å². The van der Waals surface area contributed by atoms with Gasteiger partial charge in [0.25, 0.3) is 0 Å². The zero-order valence-electron chi connectivity index (χ0n) is 43.0. The molecule has 6 nitrogen and oxygen atoms in total. The summed E-state index contributed by atoms with van der Waals surface area (Å²) in [5, 5.41) is 10.4. The monoisotopic (exact) mass is 1020 g/mol. The molecule has 372 valence electrons. The van der Waals surface area contributed by atoms with Gasteiger partial charge in [0.15, 0.2) is 5.82 Å². The smallest absolute Gasteiger partial charge is 0.160 e. The molecule has 5 aromatic heterocycles. The number of nitrogens with zero attached hydrogens (tertiary/aromatic N) is 4. The van der Waals surface area contributed by atoms with E-state index in [2.05, 4.69) is 246 Å². The number of benzene rings is 12. The molecule has 0 unspecified atom stereocenters. The summed E-state index contributed by atoms with van der Waals surface area (Å²) >= 11 is 0. The molecule has 17 aromatic rings. The van der Waals surface area contributed by atoms with Crippen LogP contribution in [0.25, 0.3) is 166 Å². The molecule has 0 aliphatic rings. The molecular formula is C74H44N4O2. The topological polar surface area (TPSA) is 61.9 Å². The third-order valence-corrected chi connectivity index (χ3v) is 16.4. The molecule has 0 saturated heterocycles. The highest BCUT2D eigenvalue weighted by Crippen LogP contribution is 2.41. The van der Waals surface area contributed by atoms with Crippen molar-refractivity contribution in [3.63, 3.8) is 0 Å². The number of hydrogen-bond acceptors (Lipinski definition) is 4. The van der Waals surface area contributed by atoms with Gasteiger partial charge in [0.2, 0.25) is 0 Å².